The smallest absolute Gasteiger partial charge is 0.253 e. The molecule has 1 amide bonds. The van der Waals surface area contributed by atoms with Crippen molar-refractivity contribution >= 4 is 21.6 Å². The first-order valence-corrected chi connectivity index (χ1v) is 10.8. The predicted molar refractivity (Wildman–Crippen MR) is 99.3 cm³/mol. The molecular formula is C18H27N3O3S. The van der Waals surface area contributed by atoms with E-state index in [2.05, 4.69) is 14.9 Å². The first kappa shape index (κ1) is 18.2. The monoisotopic (exact) mass is 365 g/mol. The lowest BCUT2D eigenvalue weighted by molar-refractivity contribution is 0.0952. The number of benzene rings is 1. The van der Waals surface area contributed by atoms with E-state index in [-0.39, 0.29) is 17.7 Å². The molecule has 7 heteroatoms. The van der Waals surface area contributed by atoms with Crippen LogP contribution < -0.4 is 14.9 Å². The summed E-state index contributed by atoms with van der Waals surface area (Å²) in [4.78, 5) is 14.7. The zero-order chi connectivity index (χ0) is 17.9. The molecule has 1 saturated carbocycles. The average molecular weight is 365 g/mol. The average Bonchev–Trinajstić information content (AvgIpc) is 3.44. The molecular weight excluding hydrogens is 338 g/mol. The molecule has 3 rings (SSSR count). The fraction of sp³-hybridized carbons (Fsp3) is 0.611. The molecule has 1 aliphatic carbocycles. The fourth-order valence-corrected chi connectivity index (χ4v) is 4.08. The van der Waals surface area contributed by atoms with Crippen molar-refractivity contribution in [3.63, 3.8) is 0 Å². The van der Waals surface area contributed by atoms with E-state index < -0.39 is 10.0 Å². The lowest BCUT2D eigenvalue weighted by Crippen LogP contribution is -2.45. The Balaban J connectivity index is 1.62. The van der Waals surface area contributed by atoms with Gasteiger partial charge in [-0.2, -0.15) is 0 Å². The van der Waals surface area contributed by atoms with Crippen LogP contribution in [0, 0.1) is 5.92 Å². The predicted octanol–water partition coefficient (Wildman–Crippen LogP) is 1.73. The molecule has 1 saturated heterocycles. The molecule has 1 aromatic carbocycles. The quantitative estimate of drug-likeness (QED) is 0.771. The third-order valence-electron chi connectivity index (χ3n) is 4.96. The Morgan fingerprint density at radius 1 is 1.16 bits per heavy atom. The number of rotatable bonds is 7. The summed E-state index contributed by atoms with van der Waals surface area (Å²) < 4.78 is 26.2. The lowest BCUT2D eigenvalue weighted by Gasteiger charge is -2.34. The van der Waals surface area contributed by atoms with E-state index >= 15 is 0 Å². The van der Waals surface area contributed by atoms with Gasteiger partial charge in [-0.15, -0.1) is 0 Å². The van der Waals surface area contributed by atoms with Gasteiger partial charge in [0.1, 0.15) is 0 Å². The van der Waals surface area contributed by atoms with Gasteiger partial charge in [-0.25, -0.2) is 13.1 Å². The number of para-hydroxylation sites is 1. The Labute approximate surface area is 150 Å². The zero-order valence-electron chi connectivity index (χ0n) is 14.7. The molecule has 0 radical (unpaired) electrons. The van der Waals surface area contributed by atoms with Crippen LogP contribution in [-0.2, 0) is 10.0 Å². The highest BCUT2D eigenvalue weighted by molar-refractivity contribution is 7.89. The van der Waals surface area contributed by atoms with Crippen molar-refractivity contribution in [2.24, 2.45) is 5.92 Å². The molecule has 138 valence electrons. The molecule has 2 aliphatic rings. The number of carbonyl (C=O) groups excluding carboxylic acids is 1. The van der Waals surface area contributed by atoms with Crippen LogP contribution in [-0.4, -0.2) is 45.8 Å². The van der Waals surface area contributed by atoms with E-state index in [1.807, 2.05) is 24.3 Å². The summed E-state index contributed by atoms with van der Waals surface area (Å²) in [5.74, 6) is 0.742. The molecule has 25 heavy (non-hydrogen) atoms. The van der Waals surface area contributed by atoms with E-state index in [0.717, 1.165) is 38.2 Å². The van der Waals surface area contributed by atoms with E-state index in [4.69, 9.17) is 0 Å². The van der Waals surface area contributed by atoms with Crippen molar-refractivity contribution < 1.29 is 13.2 Å². The van der Waals surface area contributed by atoms with Crippen LogP contribution in [0.25, 0.3) is 0 Å². The van der Waals surface area contributed by atoms with Gasteiger partial charge >= 0.3 is 0 Å². The number of hydrogen-bond acceptors (Lipinski definition) is 4. The highest BCUT2D eigenvalue weighted by Gasteiger charge is 2.26. The molecule has 1 aliphatic heterocycles. The van der Waals surface area contributed by atoms with Crippen LogP contribution in [0.2, 0.25) is 0 Å². The number of anilines is 1. The highest BCUT2D eigenvalue weighted by Crippen LogP contribution is 2.28. The Kier molecular flexibility index (Phi) is 5.64. The zero-order valence-corrected chi connectivity index (χ0v) is 15.5. The van der Waals surface area contributed by atoms with Crippen LogP contribution in [0.1, 0.15) is 43.0 Å². The topological polar surface area (TPSA) is 78.5 Å². The number of nitrogens with one attached hydrogen (secondary N) is 2. The minimum atomic E-state index is -3.17. The van der Waals surface area contributed by atoms with E-state index in [1.54, 1.807) is 6.92 Å². The molecule has 2 N–H and O–H groups in total. The Morgan fingerprint density at radius 2 is 1.84 bits per heavy atom. The SMILES string of the molecule is CCS(=O)(=O)NC1CCN(c2ccccc2C(=O)NCC2CC2)CC1. The van der Waals surface area contributed by atoms with Crippen LogP contribution in [0.15, 0.2) is 24.3 Å². The Hall–Kier alpha value is -1.60. The molecule has 0 spiro atoms. The van der Waals surface area contributed by atoms with E-state index in [0.29, 0.717) is 11.5 Å². The van der Waals surface area contributed by atoms with E-state index in [1.165, 1.54) is 12.8 Å². The summed E-state index contributed by atoms with van der Waals surface area (Å²) in [6.07, 6.45) is 3.92. The summed E-state index contributed by atoms with van der Waals surface area (Å²) in [6.45, 7) is 3.88. The van der Waals surface area contributed by atoms with Gasteiger partial charge < -0.3 is 10.2 Å². The third kappa shape index (κ3) is 4.95. The number of piperidine rings is 1. The Bertz CT molecular complexity index is 708. The van der Waals surface area contributed by atoms with Crippen molar-refractivity contribution in [3.05, 3.63) is 29.8 Å². The number of hydrogen-bond donors (Lipinski definition) is 2. The summed E-state index contributed by atoms with van der Waals surface area (Å²) in [7, 11) is -3.17. The van der Waals surface area contributed by atoms with Crippen LogP contribution in [0.4, 0.5) is 5.69 Å². The summed E-state index contributed by atoms with van der Waals surface area (Å²) in [6, 6.07) is 7.65. The largest absolute Gasteiger partial charge is 0.371 e. The van der Waals surface area contributed by atoms with Gasteiger partial charge in [0, 0.05) is 31.4 Å². The minimum absolute atomic E-state index is 0.0166. The molecule has 0 unspecified atom stereocenters. The third-order valence-corrected chi connectivity index (χ3v) is 6.41. The second-order valence-corrected chi connectivity index (χ2v) is 9.00. The molecule has 1 aromatic rings. The van der Waals surface area contributed by atoms with Crippen molar-refractivity contribution in [1.82, 2.24) is 10.0 Å². The number of sulfonamides is 1. The fourth-order valence-electron chi connectivity index (χ4n) is 3.17. The molecule has 6 nitrogen and oxygen atoms in total. The van der Waals surface area contributed by atoms with Gasteiger partial charge in [0.25, 0.3) is 5.91 Å². The first-order valence-electron chi connectivity index (χ1n) is 9.10. The van der Waals surface area contributed by atoms with Crippen LogP contribution in [0.5, 0.6) is 0 Å². The van der Waals surface area contributed by atoms with Gasteiger partial charge in [-0.3, -0.25) is 4.79 Å². The van der Waals surface area contributed by atoms with Gasteiger partial charge in [-0.05, 0) is 50.7 Å². The number of carbonyl (C=O) groups is 1. The van der Waals surface area contributed by atoms with Crippen molar-refractivity contribution in [2.45, 2.75) is 38.6 Å². The molecule has 1 heterocycles. The summed E-state index contributed by atoms with van der Waals surface area (Å²) in [5.41, 5.74) is 1.64. The lowest BCUT2D eigenvalue weighted by atomic mass is 10.0. The van der Waals surface area contributed by atoms with Crippen LogP contribution >= 0.6 is 0 Å². The maximum atomic E-state index is 12.5. The highest BCUT2D eigenvalue weighted by atomic mass is 32.2. The first-order chi connectivity index (χ1) is 12.0. The maximum Gasteiger partial charge on any atom is 0.253 e. The van der Waals surface area contributed by atoms with E-state index in [9.17, 15) is 13.2 Å². The van der Waals surface area contributed by atoms with Crippen molar-refractivity contribution in [3.8, 4) is 0 Å². The van der Waals surface area contributed by atoms with Gasteiger partial charge in [0.15, 0.2) is 0 Å². The normalized spacial score (nSPS) is 19.0. The molecule has 0 aromatic heterocycles. The molecule has 0 atom stereocenters. The number of amides is 1. The van der Waals surface area contributed by atoms with Crippen molar-refractivity contribution in [2.75, 3.05) is 30.3 Å². The standard InChI is InChI=1S/C18H27N3O3S/c1-2-25(23,24)20-15-9-11-21(12-10-15)17-6-4-3-5-16(17)18(22)19-13-14-7-8-14/h3-6,14-15,20H,2,7-13H2,1H3,(H,19,22). The summed E-state index contributed by atoms with van der Waals surface area (Å²) in [5, 5.41) is 3.03. The van der Waals surface area contributed by atoms with Crippen molar-refractivity contribution in [1.29, 1.82) is 0 Å². The van der Waals surface area contributed by atoms with Gasteiger partial charge in [-0.1, -0.05) is 12.1 Å². The Morgan fingerprint density at radius 3 is 2.48 bits per heavy atom. The second kappa shape index (κ2) is 7.74. The molecule has 0 bridgehead atoms. The second-order valence-electron chi connectivity index (χ2n) is 6.95. The van der Waals surface area contributed by atoms with Gasteiger partial charge in [0.05, 0.1) is 11.3 Å². The minimum Gasteiger partial charge on any atom is -0.371 e. The number of nitrogens with zero attached hydrogens (tertiary/aromatic N) is 1. The molecule has 2 fully saturated rings. The van der Waals surface area contributed by atoms with Gasteiger partial charge in [0.2, 0.25) is 10.0 Å². The maximum absolute atomic E-state index is 12.5. The summed E-state index contributed by atoms with van der Waals surface area (Å²) >= 11 is 0. The van der Waals surface area contributed by atoms with Crippen LogP contribution in [0.3, 0.4) is 0 Å².